The molecule has 0 amide bonds. The summed E-state index contributed by atoms with van der Waals surface area (Å²) in [6, 6.07) is 13.6. The first-order valence-corrected chi connectivity index (χ1v) is 5.22. The van der Waals surface area contributed by atoms with Crippen LogP contribution in [-0.4, -0.2) is 10.1 Å². The third-order valence-electron chi connectivity index (χ3n) is 2.34. The number of anilines is 1. The van der Waals surface area contributed by atoms with Crippen molar-refractivity contribution in [2.45, 2.75) is 13.2 Å². The van der Waals surface area contributed by atoms with Crippen LogP contribution in [0.25, 0.3) is 0 Å². The minimum absolute atomic E-state index is 0.0912. The molecular formula is C13H14N2O. The lowest BCUT2D eigenvalue weighted by Crippen LogP contribution is -2.00. The molecular weight excluding hydrogens is 200 g/mol. The van der Waals surface area contributed by atoms with Gasteiger partial charge in [-0.1, -0.05) is 30.3 Å². The van der Waals surface area contributed by atoms with Crippen LogP contribution in [0.5, 0.6) is 0 Å². The van der Waals surface area contributed by atoms with Crippen molar-refractivity contribution in [2.24, 2.45) is 0 Å². The highest BCUT2D eigenvalue weighted by Gasteiger charge is 1.95. The Balaban J connectivity index is 1.94. The Bertz CT molecular complexity index is 425. The lowest BCUT2D eigenvalue weighted by molar-refractivity contribution is 0.282. The van der Waals surface area contributed by atoms with Gasteiger partial charge in [0.15, 0.2) is 0 Å². The molecule has 0 unspecified atom stereocenters. The summed E-state index contributed by atoms with van der Waals surface area (Å²) in [4.78, 5) is 4.18. The number of aliphatic hydroxyl groups excluding tert-OH is 1. The minimum Gasteiger partial charge on any atom is -0.392 e. The molecule has 0 aliphatic heterocycles. The Morgan fingerprint density at radius 2 is 1.75 bits per heavy atom. The molecule has 2 rings (SSSR count). The molecule has 0 saturated heterocycles. The molecule has 0 saturated carbocycles. The van der Waals surface area contributed by atoms with E-state index in [9.17, 15) is 0 Å². The molecule has 2 N–H and O–H groups in total. The smallest absolute Gasteiger partial charge is 0.126 e. The first-order valence-electron chi connectivity index (χ1n) is 5.22. The summed E-state index contributed by atoms with van der Waals surface area (Å²) in [5.74, 6) is 0.869. The zero-order valence-electron chi connectivity index (χ0n) is 8.93. The Labute approximate surface area is 94.8 Å². The second kappa shape index (κ2) is 5.28. The maximum atomic E-state index is 8.91. The quantitative estimate of drug-likeness (QED) is 0.820. The van der Waals surface area contributed by atoms with Crippen molar-refractivity contribution in [1.82, 2.24) is 4.98 Å². The minimum atomic E-state index is 0.0912. The van der Waals surface area contributed by atoms with E-state index in [4.69, 9.17) is 5.11 Å². The van der Waals surface area contributed by atoms with Crippen LogP contribution in [-0.2, 0) is 13.2 Å². The van der Waals surface area contributed by atoms with Gasteiger partial charge in [-0.25, -0.2) is 4.98 Å². The highest BCUT2D eigenvalue weighted by Crippen LogP contribution is 2.07. The molecule has 0 spiro atoms. The van der Waals surface area contributed by atoms with E-state index in [-0.39, 0.29) is 6.61 Å². The van der Waals surface area contributed by atoms with Gasteiger partial charge in [-0.15, -0.1) is 0 Å². The summed E-state index contributed by atoms with van der Waals surface area (Å²) in [6.07, 6.45) is 1.76. The van der Waals surface area contributed by atoms with Gasteiger partial charge in [0.25, 0.3) is 0 Å². The highest BCUT2D eigenvalue weighted by molar-refractivity contribution is 5.35. The Hall–Kier alpha value is -1.87. The van der Waals surface area contributed by atoms with Crippen molar-refractivity contribution in [3.63, 3.8) is 0 Å². The molecule has 82 valence electrons. The van der Waals surface area contributed by atoms with Gasteiger partial charge in [-0.2, -0.15) is 0 Å². The predicted octanol–water partition coefficient (Wildman–Crippen LogP) is 2.19. The zero-order chi connectivity index (χ0) is 11.2. The number of hydrogen-bond acceptors (Lipinski definition) is 3. The van der Waals surface area contributed by atoms with Crippen molar-refractivity contribution < 1.29 is 5.11 Å². The van der Waals surface area contributed by atoms with Crippen molar-refractivity contribution in [3.8, 4) is 0 Å². The van der Waals surface area contributed by atoms with Gasteiger partial charge in [0.1, 0.15) is 5.82 Å². The van der Waals surface area contributed by atoms with E-state index in [1.165, 1.54) is 5.56 Å². The topological polar surface area (TPSA) is 45.1 Å². The number of benzene rings is 1. The van der Waals surface area contributed by atoms with Gasteiger partial charge in [0.05, 0.1) is 6.61 Å². The Kier molecular flexibility index (Phi) is 3.51. The number of aromatic nitrogens is 1. The van der Waals surface area contributed by atoms with E-state index >= 15 is 0 Å². The average molecular weight is 214 g/mol. The molecule has 16 heavy (non-hydrogen) atoms. The maximum Gasteiger partial charge on any atom is 0.126 e. The Morgan fingerprint density at radius 3 is 2.38 bits per heavy atom. The van der Waals surface area contributed by atoms with Crippen LogP contribution in [0.2, 0.25) is 0 Å². The maximum absolute atomic E-state index is 8.91. The van der Waals surface area contributed by atoms with Crippen molar-refractivity contribution >= 4 is 5.82 Å². The first kappa shape index (κ1) is 10.6. The van der Waals surface area contributed by atoms with Crippen LogP contribution in [0.1, 0.15) is 11.1 Å². The van der Waals surface area contributed by atoms with E-state index in [0.29, 0.717) is 0 Å². The third-order valence-corrected chi connectivity index (χ3v) is 2.34. The summed E-state index contributed by atoms with van der Waals surface area (Å²) in [7, 11) is 0. The fourth-order valence-corrected chi connectivity index (χ4v) is 1.42. The monoisotopic (exact) mass is 214 g/mol. The molecule has 2 aromatic rings. The number of nitrogens with one attached hydrogen (secondary N) is 1. The van der Waals surface area contributed by atoms with Gasteiger partial charge in [-0.3, -0.25) is 0 Å². The summed E-state index contributed by atoms with van der Waals surface area (Å²) < 4.78 is 0. The second-order valence-electron chi connectivity index (χ2n) is 3.54. The van der Waals surface area contributed by atoms with E-state index in [2.05, 4.69) is 10.3 Å². The molecule has 0 radical (unpaired) electrons. The van der Waals surface area contributed by atoms with Gasteiger partial charge < -0.3 is 10.4 Å². The molecule has 0 atom stereocenters. The van der Waals surface area contributed by atoms with Gasteiger partial charge in [-0.05, 0) is 23.3 Å². The number of rotatable bonds is 4. The van der Waals surface area contributed by atoms with Crippen LogP contribution >= 0.6 is 0 Å². The SMILES string of the molecule is OCc1ccc(CNc2ccccn2)cc1. The second-order valence-corrected chi connectivity index (χ2v) is 3.54. The lowest BCUT2D eigenvalue weighted by atomic mass is 10.1. The predicted molar refractivity (Wildman–Crippen MR) is 63.9 cm³/mol. The molecule has 0 bridgehead atoms. The van der Waals surface area contributed by atoms with E-state index in [1.54, 1.807) is 6.20 Å². The summed E-state index contributed by atoms with van der Waals surface area (Å²) in [6.45, 7) is 0.830. The average Bonchev–Trinajstić information content (AvgIpc) is 2.38. The van der Waals surface area contributed by atoms with Crippen molar-refractivity contribution in [1.29, 1.82) is 0 Å². The molecule has 1 aromatic carbocycles. The first-order chi connectivity index (χ1) is 7.88. The lowest BCUT2D eigenvalue weighted by Gasteiger charge is -2.05. The van der Waals surface area contributed by atoms with Crippen LogP contribution in [0.3, 0.4) is 0 Å². The molecule has 0 aliphatic rings. The van der Waals surface area contributed by atoms with E-state index in [1.807, 2.05) is 42.5 Å². The summed E-state index contributed by atoms with van der Waals surface area (Å²) in [5.41, 5.74) is 2.10. The largest absolute Gasteiger partial charge is 0.392 e. The van der Waals surface area contributed by atoms with E-state index in [0.717, 1.165) is 17.9 Å². The van der Waals surface area contributed by atoms with Crippen LogP contribution in [0.15, 0.2) is 48.7 Å². The van der Waals surface area contributed by atoms with Crippen LogP contribution < -0.4 is 5.32 Å². The summed E-state index contributed by atoms with van der Waals surface area (Å²) >= 11 is 0. The molecule has 3 nitrogen and oxygen atoms in total. The molecule has 1 aromatic heterocycles. The van der Waals surface area contributed by atoms with Crippen LogP contribution in [0.4, 0.5) is 5.82 Å². The highest BCUT2D eigenvalue weighted by atomic mass is 16.3. The van der Waals surface area contributed by atoms with Crippen LogP contribution in [0, 0.1) is 0 Å². The van der Waals surface area contributed by atoms with Gasteiger partial charge >= 0.3 is 0 Å². The number of hydrogen-bond donors (Lipinski definition) is 2. The number of pyridine rings is 1. The van der Waals surface area contributed by atoms with Gasteiger partial charge in [0, 0.05) is 12.7 Å². The van der Waals surface area contributed by atoms with Crippen molar-refractivity contribution in [2.75, 3.05) is 5.32 Å². The standard InChI is InChI=1S/C13H14N2O/c16-10-12-6-4-11(5-7-12)9-15-13-3-1-2-8-14-13/h1-8,16H,9-10H2,(H,14,15). The van der Waals surface area contributed by atoms with Crippen molar-refractivity contribution in [3.05, 3.63) is 59.8 Å². The Morgan fingerprint density at radius 1 is 1.00 bits per heavy atom. The number of aliphatic hydroxyl groups is 1. The molecule has 0 fully saturated rings. The van der Waals surface area contributed by atoms with E-state index < -0.39 is 0 Å². The molecule has 1 heterocycles. The molecule has 3 heteroatoms. The number of nitrogens with zero attached hydrogens (tertiary/aromatic N) is 1. The summed E-state index contributed by atoms with van der Waals surface area (Å²) in [5, 5.41) is 12.1. The third kappa shape index (κ3) is 2.81. The normalized spacial score (nSPS) is 10.1. The van der Waals surface area contributed by atoms with Gasteiger partial charge in [0.2, 0.25) is 0 Å². The fourth-order valence-electron chi connectivity index (χ4n) is 1.42. The fraction of sp³-hybridized carbons (Fsp3) is 0.154. The molecule has 0 aliphatic carbocycles. The zero-order valence-corrected chi connectivity index (χ0v) is 8.93.